The van der Waals surface area contributed by atoms with Crippen LogP contribution >= 0.6 is 0 Å². The molecule has 0 bridgehead atoms. The Kier molecular flexibility index (Phi) is 5.84. The maximum absolute atomic E-state index is 12.1. The van der Waals surface area contributed by atoms with E-state index in [4.69, 9.17) is 5.11 Å². The summed E-state index contributed by atoms with van der Waals surface area (Å²) < 4.78 is 0. The molecule has 0 aromatic heterocycles. The number of hydrogen-bond acceptors (Lipinski definition) is 2. The summed E-state index contributed by atoms with van der Waals surface area (Å²) in [4.78, 5) is 24.8. The summed E-state index contributed by atoms with van der Waals surface area (Å²) in [6.45, 7) is 9.54. The molecular weight excluding hydrogens is 256 g/mol. The van der Waals surface area contributed by atoms with Crippen LogP contribution < -0.4 is 5.32 Å². The Balaban J connectivity index is 2.40. The van der Waals surface area contributed by atoms with Gasteiger partial charge in [-0.3, -0.25) is 4.79 Å². The van der Waals surface area contributed by atoms with Gasteiger partial charge in [0.15, 0.2) is 0 Å². The van der Waals surface area contributed by atoms with Gasteiger partial charge in [-0.25, -0.2) is 4.79 Å². The number of aliphatic carboxylic acids is 1. The van der Waals surface area contributed by atoms with Gasteiger partial charge >= 0.3 is 12.0 Å². The standard InChI is InChI=1S/C15H28N2O3/c1-11(7-8-15(2,3)4)16-14(20)17-9-5-6-12(10-17)13(18)19/h11-12H,5-10H2,1-4H3,(H,16,20)(H,18,19). The molecule has 0 aliphatic carbocycles. The first-order valence-corrected chi connectivity index (χ1v) is 7.47. The molecule has 0 radical (unpaired) electrons. The molecular formula is C15H28N2O3. The third kappa shape index (κ3) is 5.80. The number of likely N-dealkylation sites (tertiary alicyclic amines) is 1. The largest absolute Gasteiger partial charge is 0.481 e. The molecule has 1 heterocycles. The second-order valence-corrected chi connectivity index (χ2v) is 7.07. The van der Waals surface area contributed by atoms with Gasteiger partial charge in [0.1, 0.15) is 0 Å². The summed E-state index contributed by atoms with van der Waals surface area (Å²) in [6.07, 6.45) is 3.41. The van der Waals surface area contributed by atoms with E-state index in [-0.39, 0.29) is 17.5 Å². The van der Waals surface area contributed by atoms with Crippen molar-refractivity contribution in [3.05, 3.63) is 0 Å². The van der Waals surface area contributed by atoms with Crippen LogP contribution in [-0.4, -0.2) is 41.1 Å². The number of rotatable bonds is 4. The molecule has 2 unspecified atom stereocenters. The highest BCUT2D eigenvalue weighted by atomic mass is 16.4. The summed E-state index contributed by atoms with van der Waals surface area (Å²) in [5, 5.41) is 12.0. The molecule has 5 nitrogen and oxygen atoms in total. The van der Waals surface area contributed by atoms with Gasteiger partial charge < -0.3 is 15.3 Å². The molecule has 1 aliphatic heterocycles. The van der Waals surface area contributed by atoms with Crippen LogP contribution in [0.1, 0.15) is 53.4 Å². The van der Waals surface area contributed by atoms with E-state index < -0.39 is 11.9 Å². The van der Waals surface area contributed by atoms with Crippen molar-refractivity contribution in [3.63, 3.8) is 0 Å². The van der Waals surface area contributed by atoms with Crippen LogP contribution in [0.4, 0.5) is 4.79 Å². The van der Waals surface area contributed by atoms with Crippen LogP contribution in [-0.2, 0) is 4.79 Å². The van der Waals surface area contributed by atoms with Crippen LogP contribution in [0, 0.1) is 11.3 Å². The minimum absolute atomic E-state index is 0.118. The maximum Gasteiger partial charge on any atom is 0.317 e. The molecule has 1 saturated heterocycles. The second kappa shape index (κ2) is 6.95. The highest BCUT2D eigenvalue weighted by molar-refractivity contribution is 5.76. The first-order chi connectivity index (χ1) is 9.19. The lowest BCUT2D eigenvalue weighted by Crippen LogP contribution is -2.49. The molecule has 2 amide bonds. The van der Waals surface area contributed by atoms with Crippen LogP contribution in [0.3, 0.4) is 0 Å². The molecule has 20 heavy (non-hydrogen) atoms. The van der Waals surface area contributed by atoms with Gasteiger partial charge in [-0.15, -0.1) is 0 Å². The topological polar surface area (TPSA) is 69.6 Å². The lowest BCUT2D eigenvalue weighted by atomic mass is 9.89. The lowest BCUT2D eigenvalue weighted by Gasteiger charge is -2.32. The van der Waals surface area contributed by atoms with Crippen molar-refractivity contribution in [3.8, 4) is 0 Å². The number of urea groups is 1. The number of piperidine rings is 1. The lowest BCUT2D eigenvalue weighted by molar-refractivity contribution is -0.143. The van der Waals surface area contributed by atoms with E-state index >= 15 is 0 Å². The van der Waals surface area contributed by atoms with Crippen LogP contribution in [0.25, 0.3) is 0 Å². The van der Waals surface area contributed by atoms with Crippen molar-refractivity contribution < 1.29 is 14.7 Å². The number of carboxylic acid groups (broad SMARTS) is 1. The van der Waals surface area contributed by atoms with Crippen LogP contribution in [0.5, 0.6) is 0 Å². The fourth-order valence-corrected chi connectivity index (χ4v) is 2.39. The Morgan fingerprint density at radius 1 is 1.40 bits per heavy atom. The quantitative estimate of drug-likeness (QED) is 0.834. The normalized spacial score (nSPS) is 21.4. The zero-order chi connectivity index (χ0) is 15.3. The van der Waals surface area contributed by atoms with Crippen molar-refractivity contribution in [1.82, 2.24) is 10.2 Å². The van der Waals surface area contributed by atoms with Crippen molar-refractivity contribution in [1.29, 1.82) is 0 Å². The molecule has 0 aromatic rings. The number of carboxylic acids is 1. The van der Waals surface area contributed by atoms with E-state index in [2.05, 4.69) is 26.1 Å². The first kappa shape index (κ1) is 16.8. The molecule has 1 fully saturated rings. The summed E-state index contributed by atoms with van der Waals surface area (Å²) in [5.41, 5.74) is 0.262. The molecule has 0 aromatic carbocycles. The average molecular weight is 284 g/mol. The number of carbonyl (C=O) groups excluding carboxylic acids is 1. The monoisotopic (exact) mass is 284 g/mol. The predicted molar refractivity (Wildman–Crippen MR) is 78.6 cm³/mol. The molecule has 0 saturated carbocycles. The summed E-state index contributed by atoms with van der Waals surface area (Å²) in [6, 6.07) is -0.00992. The van der Waals surface area contributed by atoms with E-state index in [9.17, 15) is 9.59 Å². The van der Waals surface area contributed by atoms with E-state index in [1.165, 1.54) is 0 Å². The molecule has 2 N–H and O–H groups in total. The molecule has 116 valence electrons. The zero-order valence-corrected chi connectivity index (χ0v) is 13.1. The number of carbonyl (C=O) groups is 2. The highest BCUT2D eigenvalue weighted by Crippen LogP contribution is 2.22. The van der Waals surface area contributed by atoms with Crippen molar-refractivity contribution in [2.45, 2.75) is 59.4 Å². The first-order valence-electron chi connectivity index (χ1n) is 7.47. The van der Waals surface area contributed by atoms with Crippen LogP contribution in [0.2, 0.25) is 0 Å². The molecule has 5 heteroatoms. The number of nitrogens with one attached hydrogen (secondary N) is 1. The van der Waals surface area contributed by atoms with Gasteiger partial charge in [-0.1, -0.05) is 20.8 Å². The van der Waals surface area contributed by atoms with Crippen molar-refractivity contribution in [2.24, 2.45) is 11.3 Å². The van der Waals surface area contributed by atoms with Gasteiger partial charge in [0.25, 0.3) is 0 Å². The van der Waals surface area contributed by atoms with Crippen LogP contribution in [0.15, 0.2) is 0 Å². The average Bonchev–Trinajstić information content (AvgIpc) is 2.35. The van der Waals surface area contributed by atoms with E-state index in [0.29, 0.717) is 19.5 Å². The van der Waals surface area contributed by atoms with E-state index in [0.717, 1.165) is 19.3 Å². The maximum atomic E-state index is 12.1. The van der Waals surface area contributed by atoms with E-state index in [1.807, 2.05) is 6.92 Å². The van der Waals surface area contributed by atoms with E-state index in [1.54, 1.807) is 4.90 Å². The number of nitrogens with zero attached hydrogens (tertiary/aromatic N) is 1. The smallest absolute Gasteiger partial charge is 0.317 e. The Morgan fingerprint density at radius 2 is 2.05 bits per heavy atom. The van der Waals surface area contributed by atoms with Gasteiger partial charge in [-0.05, 0) is 38.0 Å². The summed E-state index contributed by atoms with van der Waals surface area (Å²) >= 11 is 0. The SMILES string of the molecule is CC(CCC(C)(C)C)NC(=O)N1CCCC(C(=O)O)C1. The predicted octanol–water partition coefficient (Wildman–Crippen LogP) is 2.71. The minimum atomic E-state index is -0.803. The minimum Gasteiger partial charge on any atom is -0.481 e. The molecule has 2 atom stereocenters. The van der Waals surface area contributed by atoms with Gasteiger partial charge in [0, 0.05) is 19.1 Å². The number of hydrogen-bond donors (Lipinski definition) is 2. The highest BCUT2D eigenvalue weighted by Gasteiger charge is 2.28. The third-order valence-corrected chi connectivity index (χ3v) is 3.76. The van der Waals surface area contributed by atoms with Crippen molar-refractivity contribution in [2.75, 3.05) is 13.1 Å². The summed E-state index contributed by atoms with van der Waals surface area (Å²) in [5.74, 6) is -1.22. The fraction of sp³-hybridized carbons (Fsp3) is 0.867. The fourth-order valence-electron chi connectivity index (χ4n) is 2.39. The van der Waals surface area contributed by atoms with Crippen molar-refractivity contribution >= 4 is 12.0 Å². The zero-order valence-electron chi connectivity index (χ0n) is 13.1. The molecule has 0 spiro atoms. The molecule has 1 aliphatic rings. The van der Waals surface area contributed by atoms with Gasteiger partial charge in [0.05, 0.1) is 5.92 Å². The third-order valence-electron chi connectivity index (χ3n) is 3.76. The Labute approximate surface area is 121 Å². The summed E-state index contributed by atoms with van der Waals surface area (Å²) in [7, 11) is 0. The van der Waals surface area contributed by atoms with Gasteiger partial charge in [-0.2, -0.15) is 0 Å². The Hall–Kier alpha value is -1.26. The Bertz CT molecular complexity index is 350. The van der Waals surface area contributed by atoms with Gasteiger partial charge in [0.2, 0.25) is 0 Å². The second-order valence-electron chi connectivity index (χ2n) is 7.07. The Morgan fingerprint density at radius 3 is 2.60 bits per heavy atom. The number of amides is 2. The molecule has 1 rings (SSSR count).